The van der Waals surface area contributed by atoms with Crippen LogP contribution in [0.15, 0.2) is 54.6 Å². The van der Waals surface area contributed by atoms with Crippen LogP contribution in [0.1, 0.15) is 29.6 Å². The molecule has 3 N–H and O–H groups in total. The molecule has 2 aromatic rings. The lowest BCUT2D eigenvalue weighted by atomic mass is 9.92. The van der Waals surface area contributed by atoms with Gasteiger partial charge in [0.05, 0.1) is 0 Å². The third-order valence-electron chi connectivity index (χ3n) is 5.53. The van der Waals surface area contributed by atoms with E-state index in [2.05, 4.69) is 16.0 Å². The summed E-state index contributed by atoms with van der Waals surface area (Å²) in [5.74, 6) is 0.0514. The average Bonchev–Trinajstić information content (AvgIpc) is 3.36. The van der Waals surface area contributed by atoms with Gasteiger partial charge in [-0.1, -0.05) is 24.3 Å². The van der Waals surface area contributed by atoms with Gasteiger partial charge in [0.2, 0.25) is 5.91 Å². The van der Waals surface area contributed by atoms with Gasteiger partial charge in [0.25, 0.3) is 5.91 Å². The molecule has 2 amide bonds. The van der Waals surface area contributed by atoms with Crippen molar-refractivity contribution in [1.29, 1.82) is 0 Å². The van der Waals surface area contributed by atoms with Crippen LogP contribution in [-0.2, 0) is 4.79 Å². The number of amides is 2. The van der Waals surface area contributed by atoms with Crippen molar-refractivity contribution in [2.24, 2.45) is 11.3 Å². The smallest absolute Gasteiger partial charge is 0.255 e. The van der Waals surface area contributed by atoms with Gasteiger partial charge in [-0.2, -0.15) is 0 Å². The van der Waals surface area contributed by atoms with E-state index in [1.807, 2.05) is 36.4 Å². The molecule has 0 aromatic heterocycles. The normalized spacial score (nSPS) is 19.6. The van der Waals surface area contributed by atoms with E-state index < -0.39 is 0 Å². The first-order chi connectivity index (χ1) is 12.7. The van der Waals surface area contributed by atoms with E-state index in [-0.39, 0.29) is 35.6 Å². The second-order valence-electron chi connectivity index (χ2n) is 7.26. The summed E-state index contributed by atoms with van der Waals surface area (Å²) in [6.07, 6.45) is 3.15. The molecule has 1 saturated carbocycles. The molecule has 1 aliphatic carbocycles. The Balaban J connectivity index is 0.00000210. The standard InChI is InChI=1S/C21H23N3O2.ClH/c25-19(15-5-2-1-3-6-15)23-16-7-4-8-17(13-16)24-20(26)18-14-21(18)9-11-22-12-10-21;/h1-8,13,18,22H,9-12,14H2,(H,23,25)(H,24,26);1H. The van der Waals surface area contributed by atoms with Crippen LogP contribution >= 0.6 is 12.4 Å². The van der Waals surface area contributed by atoms with Gasteiger partial charge in [-0.25, -0.2) is 0 Å². The summed E-state index contributed by atoms with van der Waals surface area (Å²) < 4.78 is 0. The number of carbonyl (C=O) groups excluding carboxylic acids is 2. The molecule has 1 unspecified atom stereocenters. The minimum Gasteiger partial charge on any atom is -0.326 e. The van der Waals surface area contributed by atoms with Gasteiger partial charge in [-0.3, -0.25) is 9.59 Å². The summed E-state index contributed by atoms with van der Waals surface area (Å²) in [6.45, 7) is 2.01. The highest BCUT2D eigenvalue weighted by Crippen LogP contribution is 2.58. The lowest BCUT2D eigenvalue weighted by Gasteiger charge is -2.23. The van der Waals surface area contributed by atoms with Crippen LogP contribution < -0.4 is 16.0 Å². The van der Waals surface area contributed by atoms with Gasteiger partial charge in [0, 0.05) is 22.9 Å². The largest absolute Gasteiger partial charge is 0.326 e. The van der Waals surface area contributed by atoms with Gasteiger partial charge in [0.15, 0.2) is 0 Å². The van der Waals surface area contributed by atoms with Crippen LogP contribution in [0, 0.1) is 11.3 Å². The van der Waals surface area contributed by atoms with Gasteiger partial charge in [-0.15, -0.1) is 12.4 Å². The van der Waals surface area contributed by atoms with E-state index in [9.17, 15) is 9.59 Å². The van der Waals surface area contributed by atoms with Gasteiger partial charge in [-0.05, 0) is 68.1 Å². The maximum atomic E-state index is 12.6. The average molecular weight is 386 g/mol. The Labute approximate surface area is 165 Å². The summed E-state index contributed by atoms with van der Waals surface area (Å²) in [5.41, 5.74) is 2.21. The molecule has 0 radical (unpaired) electrons. The molecule has 4 rings (SSSR count). The van der Waals surface area contributed by atoms with Crippen molar-refractivity contribution in [3.63, 3.8) is 0 Å². The summed E-state index contributed by atoms with van der Waals surface area (Å²) in [7, 11) is 0. The Morgan fingerprint density at radius 1 is 0.926 bits per heavy atom. The van der Waals surface area contributed by atoms with E-state index in [0.29, 0.717) is 11.3 Å². The maximum absolute atomic E-state index is 12.6. The number of hydrogen-bond acceptors (Lipinski definition) is 3. The Morgan fingerprint density at radius 3 is 2.30 bits per heavy atom. The molecule has 1 saturated heterocycles. The van der Waals surface area contributed by atoms with Crippen molar-refractivity contribution in [3.8, 4) is 0 Å². The summed E-state index contributed by atoms with van der Waals surface area (Å²) in [4.78, 5) is 24.8. The number of carbonyl (C=O) groups is 2. The van der Waals surface area contributed by atoms with Crippen molar-refractivity contribution in [2.75, 3.05) is 23.7 Å². The first-order valence-electron chi connectivity index (χ1n) is 9.14. The molecule has 1 aliphatic heterocycles. The number of hydrogen-bond donors (Lipinski definition) is 3. The number of nitrogens with one attached hydrogen (secondary N) is 3. The monoisotopic (exact) mass is 385 g/mol. The molecule has 1 heterocycles. The zero-order valence-corrected chi connectivity index (χ0v) is 15.9. The fraction of sp³-hybridized carbons (Fsp3) is 0.333. The van der Waals surface area contributed by atoms with Crippen molar-refractivity contribution >= 4 is 35.6 Å². The molecule has 0 bridgehead atoms. The van der Waals surface area contributed by atoms with Crippen molar-refractivity contribution in [1.82, 2.24) is 5.32 Å². The Morgan fingerprint density at radius 2 is 1.59 bits per heavy atom. The lowest BCUT2D eigenvalue weighted by Crippen LogP contribution is -2.31. The first-order valence-corrected chi connectivity index (χ1v) is 9.14. The van der Waals surface area contributed by atoms with E-state index in [4.69, 9.17) is 0 Å². The first kappa shape index (κ1) is 19.4. The fourth-order valence-electron chi connectivity index (χ4n) is 3.89. The molecule has 2 aromatic carbocycles. The second kappa shape index (κ2) is 8.11. The van der Waals surface area contributed by atoms with E-state index in [0.717, 1.165) is 38.0 Å². The van der Waals surface area contributed by atoms with Crippen molar-refractivity contribution in [2.45, 2.75) is 19.3 Å². The SMILES string of the molecule is Cl.O=C(Nc1cccc(NC(=O)C2CC23CCNCC3)c1)c1ccccc1. The molecule has 6 heteroatoms. The minimum absolute atomic E-state index is 0. The molecule has 142 valence electrons. The van der Waals surface area contributed by atoms with Crippen LogP contribution in [0.2, 0.25) is 0 Å². The van der Waals surface area contributed by atoms with Crippen LogP contribution in [0.4, 0.5) is 11.4 Å². The molecule has 2 fully saturated rings. The van der Waals surface area contributed by atoms with Crippen LogP contribution in [0.5, 0.6) is 0 Å². The zero-order chi connectivity index (χ0) is 18.0. The molecular formula is C21H24ClN3O2. The topological polar surface area (TPSA) is 70.2 Å². The highest BCUT2D eigenvalue weighted by Gasteiger charge is 2.57. The third-order valence-corrected chi connectivity index (χ3v) is 5.53. The summed E-state index contributed by atoms with van der Waals surface area (Å²) in [5, 5.41) is 9.25. The highest BCUT2D eigenvalue weighted by molar-refractivity contribution is 6.04. The third kappa shape index (κ3) is 4.31. The highest BCUT2D eigenvalue weighted by atomic mass is 35.5. The number of halogens is 1. The number of rotatable bonds is 4. The number of piperidine rings is 1. The van der Waals surface area contributed by atoms with E-state index in [1.54, 1.807) is 18.2 Å². The van der Waals surface area contributed by atoms with Crippen LogP contribution in [0.3, 0.4) is 0 Å². The van der Waals surface area contributed by atoms with Crippen LogP contribution in [0.25, 0.3) is 0 Å². The minimum atomic E-state index is -0.162. The van der Waals surface area contributed by atoms with Crippen LogP contribution in [-0.4, -0.2) is 24.9 Å². The Hall–Kier alpha value is -2.37. The zero-order valence-electron chi connectivity index (χ0n) is 15.0. The molecular weight excluding hydrogens is 362 g/mol. The molecule has 5 nitrogen and oxygen atoms in total. The van der Waals surface area contributed by atoms with Gasteiger partial charge >= 0.3 is 0 Å². The quantitative estimate of drug-likeness (QED) is 0.751. The van der Waals surface area contributed by atoms with Gasteiger partial charge < -0.3 is 16.0 Å². The predicted molar refractivity (Wildman–Crippen MR) is 109 cm³/mol. The molecule has 1 spiro atoms. The summed E-state index contributed by atoms with van der Waals surface area (Å²) >= 11 is 0. The fourth-order valence-corrected chi connectivity index (χ4v) is 3.89. The Bertz CT molecular complexity index is 819. The summed E-state index contributed by atoms with van der Waals surface area (Å²) in [6, 6.07) is 16.4. The lowest BCUT2D eigenvalue weighted by molar-refractivity contribution is -0.118. The molecule has 1 atom stereocenters. The number of anilines is 2. The second-order valence-corrected chi connectivity index (χ2v) is 7.26. The molecule has 2 aliphatic rings. The predicted octanol–water partition coefficient (Wildman–Crippen LogP) is 3.69. The van der Waals surface area contributed by atoms with E-state index >= 15 is 0 Å². The van der Waals surface area contributed by atoms with E-state index in [1.165, 1.54) is 0 Å². The molecule has 27 heavy (non-hydrogen) atoms. The van der Waals surface area contributed by atoms with Crippen molar-refractivity contribution < 1.29 is 9.59 Å². The Kier molecular flexibility index (Phi) is 5.82. The maximum Gasteiger partial charge on any atom is 0.255 e. The number of benzene rings is 2. The van der Waals surface area contributed by atoms with Crippen molar-refractivity contribution in [3.05, 3.63) is 60.2 Å². The van der Waals surface area contributed by atoms with Gasteiger partial charge in [0.1, 0.15) is 0 Å².